The molecule has 0 spiro atoms. The van der Waals surface area contributed by atoms with Crippen molar-refractivity contribution < 1.29 is 10.2 Å². The molecule has 2 unspecified atom stereocenters. The summed E-state index contributed by atoms with van der Waals surface area (Å²) in [6.07, 6.45) is 3.38. The van der Waals surface area contributed by atoms with E-state index in [1.54, 1.807) is 12.4 Å². The topological polar surface area (TPSA) is 118 Å². The van der Waals surface area contributed by atoms with Gasteiger partial charge >= 0.3 is 0 Å². The number of aliphatic hydroxyl groups excluding tert-OH is 2. The summed E-state index contributed by atoms with van der Waals surface area (Å²) in [6.45, 7) is 3.75. The summed E-state index contributed by atoms with van der Waals surface area (Å²) in [5, 5.41) is 17.4. The van der Waals surface area contributed by atoms with Crippen molar-refractivity contribution in [2.75, 3.05) is 13.2 Å². The first-order chi connectivity index (χ1) is 10.5. The van der Waals surface area contributed by atoms with Gasteiger partial charge < -0.3 is 21.7 Å². The average Bonchev–Trinajstić information content (AvgIpc) is 2.55. The molecule has 24 heavy (non-hydrogen) atoms. The molecule has 0 aromatic carbocycles. The van der Waals surface area contributed by atoms with E-state index in [1.165, 1.54) is 0 Å². The Kier molecular flexibility index (Phi) is 13.6. The summed E-state index contributed by atoms with van der Waals surface area (Å²) >= 11 is 0. The quantitative estimate of drug-likeness (QED) is 0.643. The van der Waals surface area contributed by atoms with Gasteiger partial charge in [-0.2, -0.15) is 0 Å². The molecule has 2 heterocycles. The van der Waals surface area contributed by atoms with Crippen LogP contribution >= 0.6 is 24.8 Å². The van der Waals surface area contributed by atoms with Gasteiger partial charge in [0, 0.05) is 23.8 Å². The van der Waals surface area contributed by atoms with E-state index in [4.69, 9.17) is 21.7 Å². The highest BCUT2D eigenvalue weighted by Crippen LogP contribution is 2.08. The van der Waals surface area contributed by atoms with Crippen LogP contribution in [0.5, 0.6) is 0 Å². The molecular weight excluding hydrogens is 351 g/mol. The van der Waals surface area contributed by atoms with E-state index in [0.717, 1.165) is 22.5 Å². The SMILES string of the molecule is Cc1ccc(C(N)CO)cn1.Cc1ccc(C(N)CO)cn1.Cl.Cl. The Labute approximate surface area is 155 Å². The molecule has 0 saturated heterocycles. The first-order valence-corrected chi connectivity index (χ1v) is 7.06. The van der Waals surface area contributed by atoms with E-state index < -0.39 is 0 Å². The summed E-state index contributed by atoms with van der Waals surface area (Å²) < 4.78 is 0. The number of aliphatic hydroxyl groups is 2. The molecule has 2 aromatic heterocycles. The van der Waals surface area contributed by atoms with Crippen LogP contribution in [0.3, 0.4) is 0 Å². The number of rotatable bonds is 4. The van der Waals surface area contributed by atoms with Crippen molar-refractivity contribution in [1.82, 2.24) is 9.97 Å². The Morgan fingerprint density at radius 1 is 0.792 bits per heavy atom. The number of halogens is 2. The second kappa shape index (κ2) is 13.1. The minimum absolute atomic E-state index is 0. The lowest BCUT2D eigenvalue weighted by Crippen LogP contribution is -2.14. The zero-order valence-electron chi connectivity index (χ0n) is 13.8. The van der Waals surface area contributed by atoms with E-state index in [0.29, 0.717) is 0 Å². The Hall–Kier alpha value is -1.28. The van der Waals surface area contributed by atoms with Gasteiger partial charge in [-0.3, -0.25) is 9.97 Å². The summed E-state index contributed by atoms with van der Waals surface area (Å²) in [5.41, 5.74) is 14.8. The number of hydrogen-bond donors (Lipinski definition) is 4. The molecule has 2 atom stereocenters. The molecule has 0 aliphatic heterocycles. The summed E-state index contributed by atoms with van der Waals surface area (Å²) in [6, 6.07) is 6.91. The van der Waals surface area contributed by atoms with Gasteiger partial charge in [-0.1, -0.05) is 12.1 Å². The first-order valence-electron chi connectivity index (χ1n) is 7.06. The van der Waals surface area contributed by atoms with Gasteiger partial charge in [-0.25, -0.2) is 0 Å². The van der Waals surface area contributed by atoms with Gasteiger partial charge in [-0.15, -0.1) is 24.8 Å². The summed E-state index contributed by atoms with van der Waals surface area (Å²) in [5.74, 6) is 0. The Bertz CT molecular complexity index is 502. The van der Waals surface area contributed by atoms with Crippen LogP contribution in [-0.4, -0.2) is 33.4 Å². The maximum Gasteiger partial charge on any atom is 0.0624 e. The molecule has 0 saturated carbocycles. The van der Waals surface area contributed by atoms with Crippen LogP contribution in [-0.2, 0) is 0 Å². The van der Waals surface area contributed by atoms with Crippen LogP contribution in [0.4, 0.5) is 0 Å². The molecule has 2 aromatic rings. The molecule has 0 fully saturated rings. The predicted molar refractivity (Wildman–Crippen MR) is 100 cm³/mol. The van der Waals surface area contributed by atoms with Gasteiger partial charge in [0.1, 0.15) is 0 Å². The second-order valence-electron chi connectivity index (χ2n) is 5.04. The molecule has 6 nitrogen and oxygen atoms in total. The lowest BCUT2D eigenvalue weighted by Gasteiger charge is -2.06. The highest BCUT2D eigenvalue weighted by Gasteiger charge is 2.03. The predicted octanol–water partition coefficient (Wildman–Crippen LogP) is 1.61. The number of pyridine rings is 2. The molecule has 8 heteroatoms. The number of nitrogens with zero attached hydrogens (tertiary/aromatic N) is 2. The molecule has 6 N–H and O–H groups in total. The normalized spacial score (nSPS) is 11.9. The third kappa shape index (κ3) is 8.54. The van der Waals surface area contributed by atoms with Gasteiger partial charge in [0.05, 0.1) is 25.3 Å². The van der Waals surface area contributed by atoms with Crippen LogP contribution < -0.4 is 11.5 Å². The second-order valence-corrected chi connectivity index (χ2v) is 5.04. The fraction of sp³-hybridized carbons (Fsp3) is 0.375. The van der Waals surface area contributed by atoms with E-state index in [9.17, 15) is 0 Å². The van der Waals surface area contributed by atoms with Crippen molar-refractivity contribution in [1.29, 1.82) is 0 Å². The lowest BCUT2D eigenvalue weighted by atomic mass is 10.1. The van der Waals surface area contributed by atoms with Crippen LogP contribution in [0.1, 0.15) is 34.6 Å². The smallest absolute Gasteiger partial charge is 0.0624 e. The van der Waals surface area contributed by atoms with Crippen molar-refractivity contribution in [3.8, 4) is 0 Å². The molecule has 0 amide bonds. The van der Waals surface area contributed by atoms with Crippen molar-refractivity contribution in [2.24, 2.45) is 11.5 Å². The van der Waals surface area contributed by atoms with Crippen molar-refractivity contribution in [3.05, 3.63) is 59.2 Å². The largest absolute Gasteiger partial charge is 0.394 e. The molecular formula is C16H26Cl2N4O2. The minimum atomic E-state index is -0.303. The standard InChI is InChI=1S/2C8H12N2O.2ClH/c2*1-6-2-3-7(4-10-6)8(9)5-11;;/h2*2-4,8,11H,5,9H2,1H3;2*1H. The lowest BCUT2D eigenvalue weighted by molar-refractivity contribution is 0.267. The monoisotopic (exact) mass is 376 g/mol. The van der Waals surface area contributed by atoms with Crippen LogP contribution in [0.2, 0.25) is 0 Å². The zero-order valence-corrected chi connectivity index (χ0v) is 15.4. The molecule has 0 bridgehead atoms. The van der Waals surface area contributed by atoms with E-state index in [1.807, 2.05) is 38.1 Å². The number of nitrogens with two attached hydrogens (primary N) is 2. The zero-order chi connectivity index (χ0) is 16.5. The minimum Gasteiger partial charge on any atom is -0.394 e. The highest BCUT2D eigenvalue weighted by atomic mass is 35.5. The molecule has 0 radical (unpaired) electrons. The third-order valence-corrected chi connectivity index (χ3v) is 3.12. The van der Waals surface area contributed by atoms with Gasteiger partial charge in [0.15, 0.2) is 0 Å². The first kappa shape index (κ1) is 25.0. The highest BCUT2D eigenvalue weighted by molar-refractivity contribution is 5.85. The molecule has 136 valence electrons. The van der Waals surface area contributed by atoms with Crippen molar-refractivity contribution >= 4 is 24.8 Å². The average molecular weight is 377 g/mol. The number of aryl methyl sites for hydroxylation is 2. The Morgan fingerprint density at radius 2 is 1.12 bits per heavy atom. The van der Waals surface area contributed by atoms with Crippen molar-refractivity contribution in [3.63, 3.8) is 0 Å². The van der Waals surface area contributed by atoms with Gasteiger partial charge in [0.2, 0.25) is 0 Å². The van der Waals surface area contributed by atoms with E-state index >= 15 is 0 Å². The fourth-order valence-corrected chi connectivity index (χ4v) is 1.61. The molecule has 0 aliphatic rings. The van der Waals surface area contributed by atoms with Gasteiger partial charge in [-0.05, 0) is 37.1 Å². The number of hydrogen-bond acceptors (Lipinski definition) is 6. The van der Waals surface area contributed by atoms with E-state index in [-0.39, 0.29) is 50.1 Å². The fourth-order valence-electron chi connectivity index (χ4n) is 1.61. The van der Waals surface area contributed by atoms with Crippen LogP contribution in [0.25, 0.3) is 0 Å². The van der Waals surface area contributed by atoms with Crippen molar-refractivity contribution in [2.45, 2.75) is 25.9 Å². The number of aromatic nitrogens is 2. The Balaban J connectivity index is 0. The summed E-state index contributed by atoms with van der Waals surface area (Å²) in [7, 11) is 0. The maximum absolute atomic E-state index is 8.70. The van der Waals surface area contributed by atoms with E-state index in [2.05, 4.69) is 9.97 Å². The van der Waals surface area contributed by atoms with Crippen LogP contribution in [0, 0.1) is 13.8 Å². The molecule has 0 aliphatic carbocycles. The maximum atomic E-state index is 8.70. The summed E-state index contributed by atoms with van der Waals surface area (Å²) in [4.78, 5) is 8.11. The molecule has 2 rings (SSSR count). The Morgan fingerprint density at radius 3 is 1.33 bits per heavy atom. The third-order valence-electron chi connectivity index (χ3n) is 3.12. The van der Waals surface area contributed by atoms with Crippen LogP contribution in [0.15, 0.2) is 36.7 Å². The van der Waals surface area contributed by atoms with Gasteiger partial charge in [0.25, 0.3) is 0 Å².